The van der Waals surface area contributed by atoms with Gasteiger partial charge >= 0.3 is 39.5 Å². The van der Waals surface area contributed by atoms with Crippen LogP contribution >= 0.6 is 15.6 Å². The van der Waals surface area contributed by atoms with Gasteiger partial charge in [-0.3, -0.25) is 37.3 Å². The first-order chi connectivity index (χ1) is 51.1. The molecule has 0 aliphatic heterocycles. The molecule has 0 heterocycles. The van der Waals surface area contributed by atoms with Crippen LogP contribution in [0.1, 0.15) is 453 Å². The van der Waals surface area contributed by atoms with Gasteiger partial charge in [-0.2, -0.15) is 0 Å². The number of ether oxygens (including phenoxy) is 4. The lowest BCUT2D eigenvalue weighted by atomic mass is 9.99. The largest absolute Gasteiger partial charge is 0.472 e. The van der Waals surface area contributed by atoms with Gasteiger partial charge in [0.1, 0.15) is 19.3 Å². The Hall–Kier alpha value is -1.94. The van der Waals surface area contributed by atoms with Gasteiger partial charge in [-0.15, -0.1) is 0 Å². The fraction of sp³-hybridized carbons (Fsp3) is 0.954. The molecule has 0 bridgehead atoms. The SMILES string of the molecule is CCC(C)CCCCCCCCCCCCCCCCCCCCC(=O)OC[C@H](COP(=O)(O)OCC(O)COP(=O)(O)OC[C@@H](COC(=O)CCCCCCCCC(C)C)OC(=O)CCCCCCCCCCCCCCCCCCC(C)C)OC(=O)CCCCCCCCCCCCCCCC(C)C. The third kappa shape index (κ3) is 78.7. The van der Waals surface area contributed by atoms with E-state index in [1.54, 1.807) is 0 Å². The smallest absolute Gasteiger partial charge is 0.462 e. The second-order valence-electron chi connectivity index (χ2n) is 33.0. The molecule has 0 fully saturated rings. The number of hydrogen-bond donors (Lipinski definition) is 3. The van der Waals surface area contributed by atoms with Crippen molar-refractivity contribution in [2.24, 2.45) is 23.7 Å². The molecule has 3 N–H and O–H groups in total. The molecule has 630 valence electrons. The molecule has 0 aromatic carbocycles. The molecular weight excluding hydrogens is 1380 g/mol. The summed E-state index contributed by atoms with van der Waals surface area (Å²) in [5, 5.41) is 10.7. The Morgan fingerprint density at radius 1 is 0.264 bits per heavy atom. The fourth-order valence-electron chi connectivity index (χ4n) is 13.5. The number of carbonyl (C=O) groups is 4. The molecular formula is C87H170O17P2. The van der Waals surface area contributed by atoms with E-state index in [-0.39, 0.29) is 25.7 Å². The van der Waals surface area contributed by atoms with E-state index in [4.69, 9.17) is 37.0 Å². The number of rotatable bonds is 84. The van der Waals surface area contributed by atoms with Crippen molar-refractivity contribution in [3.8, 4) is 0 Å². The van der Waals surface area contributed by atoms with Crippen LogP contribution < -0.4 is 0 Å². The van der Waals surface area contributed by atoms with Crippen LogP contribution in [0.4, 0.5) is 0 Å². The highest BCUT2D eigenvalue weighted by Gasteiger charge is 2.31. The first kappa shape index (κ1) is 104. The minimum atomic E-state index is -4.97. The van der Waals surface area contributed by atoms with Crippen LogP contribution in [0.2, 0.25) is 0 Å². The van der Waals surface area contributed by atoms with Crippen molar-refractivity contribution >= 4 is 39.5 Å². The number of aliphatic hydroxyl groups is 1. The Morgan fingerprint density at radius 3 is 0.670 bits per heavy atom. The van der Waals surface area contributed by atoms with Crippen molar-refractivity contribution in [2.75, 3.05) is 39.6 Å². The van der Waals surface area contributed by atoms with Gasteiger partial charge in [0.15, 0.2) is 12.2 Å². The van der Waals surface area contributed by atoms with Crippen molar-refractivity contribution in [3.05, 3.63) is 0 Å². The van der Waals surface area contributed by atoms with E-state index in [1.807, 2.05) is 0 Å². The quantitative estimate of drug-likeness (QED) is 0.0222. The highest BCUT2D eigenvalue weighted by atomic mass is 31.2. The average Bonchev–Trinajstić information content (AvgIpc) is 0.908. The number of carbonyl (C=O) groups excluding carboxylic acids is 4. The standard InChI is InChI=1S/C87H170O17P2/c1-9-80(8)66-58-50-41-35-29-23-17-12-10-11-13-18-24-30-36-42-51-59-67-84(89)97-73-82(103-86(91)70-62-54-44-38-32-26-20-22-28-34-40-48-56-64-78(4)5)75-101-105(93,94)99-71-81(88)72-100-106(95,96)102-76-83(74-98-85(90)68-60-52-46-45-49-57-65-79(6)7)104-87(92)69-61-53-43-37-31-25-19-15-14-16-21-27-33-39-47-55-63-77(2)3/h77-83,88H,9-76H2,1-8H3,(H,93,94)(H,95,96)/t80?,81?,82-,83-/m1/s1. The molecule has 19 heteroatoms. The number of hydrogen-bond acceptors (Lipinski definition) is 15. The number of aliphatic hydroxyl groups excluding tert-OH is 1. The van der Waals surface area contributed by atoms with Crippen LogP contribution in [0.3, 0.4) is 0 Å². The zero-order chi connectivity index (χ0) is 78.1. The van der Waals surface area contributed by atoms with Crippen LogP contribution in [0.15, 0.2) is 0 Å². The maximum Gasteiger partial charge on any atom is 0.472 e. The van der Waals surface area contributed by atoms with Crippen molar-refractivity contribution in [2.45, 2.75) is 472 Å². The van der Waals surface area contributed by atoms with E-state index in [2.05, 4.69) is 55.4 Å². The second-order valence-corrected chi connectivity index (χ2v) is 35.9. The molecule has 0 saturated carbocycles. The first-order valence-electron chi connectivity index (χ1n) is 44.7. The lowest BCUT2D eigenvalue weighted by molar-refractivity contribution is -0.161. The summed E-state index contributed by atoms with van der Waals surface area (Å²) in [6.45, 7) is 14.3. The molecule has 6 atom stereocenters. The predicted octanol–water partition coefficient (Wildman–Crippen LogP) is 26.3. The third-order valence-corrected chi connectivity index (χ3v) is 22.6. The number of unbranched alkanes of at least 4 members (excludes halogenated alkanes) is 49. The minimum Gasteiger partial charge on any atom is -0.462 e. The molecule has 0 spiro atoms. The highest BCUT2D eigenvalue weighted by molar-refractivity contribution is 7.47. The van der Waals surface area contributed by atoms with E-state index in [0.717, 1.165) is 114 Å². The minimum absolute atomic E-state index is 0.107. The number of phosphoric acid groups is 2. The zero-order valence-electron chi connectivity index (χ0n) is 70.1. The highest BCUT2D eigenvalue weighted by Crippen LogP contribution is 2.45. The zero-order valence-corrected chi connectivity index (χ0v) is 71.9. The molecule has 0 radical (unpaired) electrons. The molecule has 0 aromatic heterocycles. The normalized spacial score (nSPS) is 14.2. The van der Waals surface area contributed by atoms with Crippen molar-refractivity contribution in [3.63, 3.8) is 0 Å². The van der Waals surface area contributed by atoms with Gasteiger partial charge in [0, 0.05) is 25.7 Å². The first-order valence-corrected chi connectivity index (χ1v) is 47.7. The fourth-order valence-corrected chi connectivity index (χ4v) is 15.0. The van der Waals surface area contributed by atoms with Gasteiger partial charge in [0.25, 0.3) is 0 Å². The summed E-state index contributed by atoms with van der Waals surface area (Å²) in [6.07, 6.45) is 65.5. The molecule has 17 nitrogen and oxygen atoms in total. The molecule has 0 aromatic rings. The van der Waals surface area contributed by atoms with Gasteiger partial charge in [0.05, 0.1) is 26.4 Å². The van der Waals surface area contributed by atoms with E-state index >= 15 is 0 Å². The summed E-state index contributed by atoms with van der Waals surface area (Å²) in [6, 6.07) is 0. The monoisotopic (exact) mass is 1550 g/mol. The molecule has 0 aliphatic carbocycles. The van der Waals surface area contributed by atoms with Crippen LogP contribution in [0.25, 0.3) is 0 Å². The van der Waals surface area contributed by atoms with E-state index < -0.39 is 97.5 Å². The van der Waals surface area contributed by atoms with Gasteiger partial charge < -0.3 is 33.8 Å². The van der Waals surface area contributed by atoms with Crippen LogP contribution in [-0.4, -0.2) is 96.7 Å². The van der Waals surface area contributed by atoms with E-state index in [0.29, 0.717) is 31.6 Å². The molecule has 106 heavy (non-hydrogen) atoms. The summed E-state index contributed by atoms with van der Waals surface area (Å²) in [4.78, 5) is 73.2. The van der Waals surface area contributed by atoms with Gasteiger partial charge in [0.2, 0.25) is 0 Å². The topological polar surface area (TPSA) is 237 Å². The van der Waals surface area contributed by atoms with Gasteiger partial charge in [-0.25, -0.2) is 9.13 Å². The Labute approximate surface area is 651 Å². The lowest BCUT2D eigenvalue weighted by Crippen LogP contribution is -2.30. The Balaban J connectivity index is 5.18. The summed E-state index contributed by atoms with van der Waals surface area (Å²) in [7, 11) is -9.93. The molecule has 0 amide bonds. The van der Waals surface area contributed by atoms with Crippen LogP contribution in [0, 0.1) is 23.7 Å². The maximum atomic E-state index is 13.1. The predicted molar refractivity (Wildman–Crippen MR) is 437 cm³/mol. The van der Waals surface area contributed by atoms with Crippen LogP contribution in [0.5, 0.6) is 0 Å². The van der Waals surface area contributed by atoms with Gasteiger partial charge in [-0.05, 0) is 49.4 Å². The molecule has 0 aliphatic rings. The average molecular weight is 1550 g/mol. The molecule has 0 rings (SSSR count). The molecule has 4 unspecified atom stereocenters. The summed E-state index contributed by atoms with van der Waals surface area (Å²) < 4.78 is 68.9. The number of esters is 4. The molecule has 0 saturated heterocycles. The number of phosphoric ester groups is 2. The summed E-state index contributed by atoms with van der Waals surface area (Å²) in [5.41, 5.74) is 0. The maximum absolute atomic E-state index is 13.1. The van der Waals surface area contributed by atoms with E-state index in [1.165, 1.54) is 250 Å². The van der Waals surface area contributed by atoms with Crippen molar-refractivity contribution in [1.82, 2.24) is 0 Å². The van der Waals surface area contributed by atoms with Crippen molar-refractivity contribution < 1.29 is 80.2 Å². The van der Waals surface area contributed by atoms with Crippen molar-refractivity contribution in [1.29, 1.82) is 0 Å². The Kier molecular flexibility index (Phi) is 74.3. The Morgan fingerprint density at radius 2 is 0.453 bits per heavy atom. The second kappa shape index (κ2) is 75.7. The van der Waals surface area contributed by atoms with E-state index in [9.17, 15) is 43.2 Å². The lowest BCUT2D eigenvalue weighted by Gasteiger charge is -2.21. The van der Waals surface area contributed by atoms with Crippen LogP contribution in [-0.2, 0) is 65.4 Å². The Bertz CT molecular complexity index is 2060. The summed E-state index contributed by atoms with van der Waals surface area (Å²) >= 11 is 0. The third-order valence-electron chi connectivity index (χ3n) is 20.7. The van der Waals surface area contributed by atoms with Gasteiger partial charge in [-0.1, -0.05) is 402 Å². The summed E-state index contributed by atoms with van der Waals surface area (Å²) in [5.74, 6) is 1.04.